The second kappa shape index (κ2) is 4.59. The predicted octanol–water partition coefficient (Wildman–Crippen LogP) is 1.61. The van der Waals surface area contributed by atoms with Crippen LogP contribution < -0.4 is 0 Å². The molecular formula is C15H12N2O4. The van der Waals surface area contributed by atoms with Gasteiger partial charge in [0.05, 0.1) is 0 Å². The van der Waals surface area contributed by atoms with Gasteiger partial charge in [0.25, 0.3) is 11.8 Å². The van der Waals surface area contributed by atoms with Crippen molar-refractivity contribution >= 4 is 28.7 Å². The Bertz CT molecular complexity index is 803. The van der Waals surface area contributed by atoms with Crippen molar-refractivity contribution in [2.24, 2.45) is 0 Å². The van der Waals surface area contributed by atoms with Crippen LogP contribution in [-0.2, 0) is 14.4 Å². The Morgan fingerprint density at radius 3 is 2.62 bits per heavy atom. The second-order valence-electron chi connectivity index (χ2n) is 4.87. The first kappa shape index (κ1) is 13.1. The molecule has 2 N–H and O–H groups in total. The maximum absolute atomic E-state index is 12.1. The zero-order chi connectivity index (χ0) is 15.1. The van der Waals surface area contributed by atoms with Gasteiger partial charge in [0, 0.05) is 34.3 Å². The van der Waals surface area contributed by atoms with Crippen LogP contribution in [0, 0.1) is 0 Å². The van der Waals surface area contributed by atoms with Crippen molar-refractivity contribution in [2.75, 3.05) is 0 Å². The Labute approximate surface area is 119 Å². The van der Waals surface area contributed by atoms with E-state index in [-0.39, 0.29) is 5.57 Å². The molecule has 0 saturated carbocycles. The number of para-hydroxylation sites is 1. The molecule has 106 valence electrons. The molecule has 1 aliphatic rings. The number of nitrogens with zero attached hydrogens (tertiary/aromatic N) is 1. The van der Waals surface area contributed by atoms with Gasteiger partial charge in [-0.15, -0.1) is 0 Å². The summed E-state index contributed by atoms with van der Waals surface area (Å²) in [5.41, 5.74) is 1.39. The van der Waals surface area contributed by atoms with Crippen molar-refractivity contribution in [1.29, 1.82) is 0 Å². The summed E-state index contributed by atoms with van der Waals surface area (Å²) in [7, 11) is 0. The summed E-state index contributed by atoms with van der Waals surface area (Å²) in [6.45, 7) is 1.49. The van der Waals surface area contributed by atoms with Gasteiger partial charge >= 0.3 is 5.97 Å². The molecule has 0 unspecified atom stereocenters. The van der Waals surface area contributed by atoms with Crippen LogP contribution in [0.3, 0.4) is 0 Å². The monoisotopic (exact) mass is 284 g/mol. The Morgan fingerprint density at radius 1 is 1.29 bits per heavy atom. The summed E-state index contributed by atoms with van der Waals surface area (Å²) in [4.78, 5) is 39.4. The van der Waals surface area contributed by atoms with Crippen LogP contribution in [-0.4, -0.2) is 32.8 Å². The van der Waals surface area contributed by atoms with Crippen LogP contribution >= 0.6 is 0 Å². The van der Waals surface area contributed by atoms with Crippen molar-refractivity contribution < 1.29 is 19.5 Å². The number of benzene rings is 1. The number of hydrogen-bond acceptors (Lipinski definition) is 3. The number of carbonyl (C=O) groups excluding carboxylic acids is 2. The zero-order valence-electron chi connectivity index (χ0n) is 11.2. The Morgan fingerprint density at radius 2 is 2.00 bits per heavy atom. The Hall–Kier alpha value is -2.89. The highest BCUT2D eigenvalue weighted by Crippen LogP contribution is 2.31. The average molecular weight is 284 g/mol. The van der Waals surface area contributed by atoms with E-state index in [9.17, 15) is 19.5 Å². The van der Waals surface area contributed by atoms with E-state index in [2.05, 4.69) is 4.98 Å². The van der Waals surface area contributed by atoms with E-state index in [0.29, 0.717) is 10.9 Å². The zero-order valence-corrected chi connectivity index (χ0v) is 11.2. The van der Waals surface area contributed by atoms with E-state index in [1.54, 1.807) is 18.2 Å². The molecule has 1 aromatic heterocycles. The average Bonchev–Trinajstić information content (AvgIpc) is 2.96. The molecule has 0 aliphatic carbocycles. The number of nitrogens with one attached hydrogen (secondary N) is 1. The van der Waals surface area contributed by atoms with E-state index in [1.807, 2.05) is 6.07 Å². The van der Waals surface area contributed by atoms with Gasteiger partial charge in [0.2, 0.25) is 0 Å². The van der Waals surface area contributed by atoms with Gasteiger partial charge in [-0.3, -0.25) is 14.5 Å². The molecule has 0 radical (unpaired) electrons. The number of hydrogen-bond donors (Lipinski definition) is 2. The number of amides is 2. The number of carboxylic acid groups (broad SMARTS) is 1. The highest BCUT2D eigenvalue weighted by molar-refractivity contribution is 6.17. The molecule has 1 atom stereocenters. The van der Waals surface area contributed by atoms with Crippen LogP contribution in [0.5, 0.6) is 0 Å². The lowest BCUT2D eigenvalue weighted by Gasteiger charge is -2.22. The number of aromatic nitrogens is 1. The fourth-order valence-electron chi connectivity index (χ4n) is 2.55. The molecule has 1 aromatic carbocycles. The molecule has 0 saturated heterocycles. The third-order valence-electron chi connectivity index (χ3n) is 3.54. The maximum atomic E-state index is 12.1. The van der Waals surface area contributed by atoms with Gasteiger partial charge in [0.15, 0.2) is 6.04 Å². The number of aromatic amines is 1. The Balaban J connectivity index is 2.14. The quantitative estimate of drug-likeness (QED) is 0.838. The largest absolute Gasteiger partial charge is 0.479 e. The minimum atomic E-state index is -1.34. The number of aliphatic carboxylic acids is 1. The minimum absolute atomic E-state index is 0.242. The first-order chi connectivity index (χ1) is 10.0. The number of imide groups is 1. The molecule has 6 nitrogen and oxygen atoms in total. The van der Waals surface area contributed by atoms with Crippen molar-refractivity contribution in [3.63, 3.8) is 0 Å². The van der Waals surface area contributed by atoms with Crippen molar-refractivity contribution in [3.05, 3.63) is 47.7 Å². The Kier molecular flexibility index (Phi) is 2.86. The van der Waals surface area contributed by atoms with Crippen molar-refractivity contribution in [1.82, 2.24) is 9.88 Å². The minimum Gasteiger partial charge on any atom is -0.479 e. The molecule has 2 amide bonds. The van der Waals surface area contributed by atoms with E-state index >= 15 is 0 Å². The first-order valence-electron chi connectivity index (χ1n) is 6.35. The lowest BCUT2D eigenvalue weighted by molar-refractivity contribution is -0.153. The van der Waals surface area contributed by atoms with Gasteiger partial charge in [-0.25, -0.2) is 4.79 Å². The van der Waals surface area contributed by atoms with E-state index in [0.717, 1.165) is 16.5 Å². The summed E-state index contributed by atoms with van der Waals surface area (Å²) in [6, 6.07) is 5.80. The topological polar surface area (TPSA) is 90.5 Å². The van der Waals surface area contributed by atoms with Crippen LogP contribution in [0.1, 0.15) is 18.5 Å². The molecule has 2 heterocycles. The van der Waals surface area contributed by atoms with E-state index in [1.165, 1.54) is 13.1 Å². The molecule has 3 rings (SSSR count). The summed E-state index contributed by atoms with van der Waals surface area (Å²) in [5.74, 6) is -2.42. The number of carboxylic acids is 1. The predicted molar refractivity (Wildman–Crippen MR) is 74.3 cm³/mol. The van der Waals surface area contributed by atoms with Gasteiger partial charge in [-0.1, -0.05) is 18.2 Å². The van der Waals surface area contributed by atoms with Gasteiger partial charge < -0.3 is 10.1 Å². The first-order valence-corrected chi connectivity index (χ1v) is 6.35. The number of carbonyl (C=O) groups is 3. The molecule has 6 heteroatoms. The van der Waals surface area contributed by atoms with Crippen LogP contribution in [0.25, 0.3) is 10.9 Å². The summed E-state index contributed by atoms with van der Waals surface area (Å²) in [5, 5.41) is 10.2. The molecular weight excluding hydrogens is 272 g/mol. The maximum Gasteiger partial charge on any atom is 0.331 e. The third kappa shape index (κ3) is 1.92. The van der Waals surface area contributed by atoms with Gasteiger partial charge in [-0.2, -0.15) is 0 Å². The lowest BCUT2D eigenvalue weighted by atomic mass is 10.0. The summed E-state index contributed by atoms with van der Waals surface area (Å²) >= 11 is 0. The van der Waals surface area contributed by atoms with E-state index < -0.39 is 23.8 Å². The second-order valence-corrected chi connectivity index (χ2v) is 4.87. The standard InChI is InChI=1S/C15H12N2O4/c1-8-6-12(18)17(14(8)19)13(15(20)21)10-7-16-11-5-3-2-4-9(10)11/h2-7,13,16H,1H3,(H,20,21)/t13-/m0/s1. The summed E-state index contributed by atoms with van der Waals surface area (Å²) < 4.78 is 0. The number of H-pyrrole nitrogens is 1. The normalized spacial score (nSPS) is 16.4. The molecule has 0 spiro atoms. The SMILES string of the molecule is CC1=CC(=O)N([C@H](C(=O)O)c2c[nH]c3ccccc23)C1=O. The molecule has 0 fully saturated rings. The van der Waals surface area contributed by atoms with Crippen molar-refractivity contribution in [3.8, 4) is 0 Å². The number of fused-ring (bicyclic) bond motifs is 1. The number of rotatable bonds is 3. The van der Waals surface area contributed by atoms with Crippen LogP contribution in [0.2, 0.25) is 0 Å². The lowest BCUT2D eigenvalue weighted by Crippen LogP contribution is -2.39. The highest BCUT2D eigenvalue weighted by Gasteiger charge is 2.40. The van der Waals surface area contributed by atoms with Gasteiger partial charge in [-0.05, 0) is 13.0 Å². The molecule has 1 aliphatic heterocycles. The smallest absolute Gasteiger partial charge is 0.331 e. The van der Waals surface area contributed by atoms with Crippen molar-refractivity contribution in [2.45, 2.75) is 13.0 Å². The fraction of sp³-hybridized carbons (Fsp3) is 0.133. The fourth-order valence-corrected chi connectivity index (χ4v) is 2.55. The molecule has 0 bridgehead atoms. The van der Waals surface area contributed by atoms with E-state index in [4.69, 9.17) is 0 Å². The van der Waals surface area contributed by atoms with Crippen LogP contribution in [0.15, 0.2) is 42.1 Å². The molecule has 2 aromatic rings. The van der Waals surface area contributed by atoms with Crippen LogP contribution in [0.4, 0.5) is 0 Å². The van der Waals surface area contributed by atoms with Gasteiger partial charge in [0.1, 0.15) is 0 Å². The highest BCUT2D eigenvalue weighted by atomic mass is 16.4. The molecule has 21 heavy (non-hydrogen) atoms. The summed E-state index contributed by atoms with van der Waals surface area (Å²) in [6.07, 6.45) is 2.69. The third-order valence-corrected chi connectivity index (χ3v) is 3.54.